The lowest BCUT2D eigenvalue weighted by molar-refractivity contribution is -0.131. The van der Waals surface area contributed by atoms with Crippen molar-refractivity contribution in [3.05, 3.63) is 48.3 Å². The van der Waals surface area contributed by atoms with Crippen LogP contribution in [0.5, 0.6) is 0 Å². The molecule has 0 bridgehead atoms. The van der Waals surface area contributed by atoms with Gasteiger partial charge in [-0.2, -0.15) is 5.10 Å². The van der Waals surface area contributed by atoms with Crippen LogP contribution in [0.25, 0.3) is 5.69 Å². The van der Waals surface area contributed by atoms with E-state index in [0.29, 0.717) is 25.2 Å². The van der Waals surface area contributed by atoms with Crippen LogP contribution < -0.4 is 5.32 Å². The molecule has 124 valence electrons. The molecule has 2 saturated heterocycles. The van der Waals surface area contributed by atoms with Crippen LogP contribution in [-0.4, -0.2) is 70.2 Å². The molecule has 1 N–H and O–H groups in total. The minimum absolute atomic E-state index is 0.0211. The van der Waals surface area contributed by atoms with Gasteiger partial charge in [0.1, 0.15) is 6.04 Å². The van der Waals surface area contributed by atoms with E-state index >= 15 is 0 Å². The number of nitrogens with one attached hydrogen (secondary N) is 1. The fraction of sp³-hybridized carbons (Fsp3) is 0.353. The molecule has 0 saturated carbocycles. The fourth-order valence-corrected chi connectivity index (χ4v) is 3.32. The molecular weight excluding hydrogens is 306 g/mol. The Bertz CT molecular complexity index is 741. The highest BCUT2D eigenvalue weighted by Crippen LogP contribution is 2.16. The van der Waals surface area contributed by atoms with Crippen molar-refractivity contribution in [2.24, 2.45) is 0 Å². The molecule has 3 heterocycles. The molecule has 0 spiro atoms. The molecule has 2 aromatic rings. The molecule has 2 amide bonds. The van der Waals surface area contributed by atoms with E-state index in [4.69, 9.17) is 0 Å². The molecule has 1 aromatic carbocycles. The van der Waals surface area contributed by atoms with Crippen molar-refractivity contribution < 1.29 is 9.59 Å². The Kier molecular flexibility index (Phi) is 3.78. The largest absolute Gasteiger partial charge is 0.353 e. The molecule has 2 aliphatic heterocycles. The number of rotatable bonds is 2. The molecule has 7 heteroatoms. The molecule has 0 aliphatic carbocycles. The van der Waals surface area contributed by atoms with Gasteiger partial charge in [-0.25, -0.2) is 4.68 Å². The minimum atomic E-state index is -0.222. The van der Waals surface area contributed by atoms with E-state index in [9.17, 15) is 9.59 Å². The van der Waals surface area contributed by atoms with Gasteiger partial charge in [0, 0.05) is 50.7 Å². The maximum Gasteiger partial charge on any atom is 0.253 e. The topological polar surface area (TPSA) is 70.5 Å². The Hall–Kier alpha value is -2.67. The monoisotopic (exact) mass is 325 g/mol. The quantitative estimate of drug-likeness (QED) is 0.852. The van der Waals surface area contributed by atoms with Crippen LogP contribution in [0.1, 0.15) is 10.4 Å². The first-order chi connectivity index (χ1) is 11.7. The second-order valence-corrected chi connectivity index (χ2v) is 6.09. The number of fused-ring (bicyclic) bond motifs is 1. The maximum absolute atomic E-state index is 12.7. The Morgan fingerprint density at radius 1 is 1.17 bits per heavy atom. The summed E-state index contributed by atoms with van der Waals surface area (Å²) in [7, 11) is 0. The number of hydrogen-bond acceptors (Lipinski definition) is 4. The summed E-state index contributed by atoms with van der Waals surface area (Å²) in [6.07, 6.45) is 3.57. The average molecular weight is 325 g/mol. The fourth-order valence-electron chi connectivity index (χ4n) is 3.32. The third-order valence-corrected chi connectivity index (χ3v) is 4.66. The number of nitrogens with zero attached hydrogens (tertiary/aromatic N) is 4. The van der Waals surface area contributed by atoms with E-state index in [1.165, 1.54) is 0 Å². The van der Waals surface area contributed by atoms with E-state index in [-0.39, 0.29) is 17.9 Å². The van der Waals surface area contributed by atoms with E-state index in [1.54, 1.807) is 15.8 Å². The summed E-state index contributed by atoms with van der Waals surface area (Å²) in [5, 5.41) is 7.05. The Balaban J connectivity index is 1.48. The SMILES string of the molecule is O=C1NCCN2CCN(C(=O)c3ccc(-n4cccn4)cc3)C[C@@H]12. The molecular formula is C17H19N5O2. The van der Waals surface area contributed by atoms with E-state index < -0.39 is 0 Å². The van der Waals surface area contributed by atoms with Gasteiger partial charge in [0.2, 0.25) is 5.91 Å². The third kappa shape index (κ3) is 2.67. The van der Waals surface area contributed by atoms with Gasteiger partial charge in [0.25, 0.3) is 5.91 Å². The lowest BCUT2D eigenvalue weighted by Crippen LogP contribution is -2.64. The number of carbonyl (C=O) groups is 2. The van der Waals surface area contributed by atoms with Crippen molar-refractivity contribution in [2.75, 3.05) is 32.7 Å². The standard InChI is InChI=1S/C17H19N5O2/c23-16-15-12-21(11-10-20(15)9-7-18-16)17(24)13-2-4-14(5-3-13)22-8-1-6-19-22/h1-6,8,15H,7,9-12H2,(H,18,23)/t15-/m0/s1. The zero-order valence-electron chi connectivity index (χ0n) is 13.3. The molecule has 2 fully saturated rings. The van der Waals surface area contributed by atoms with Crippen molar-refractivity contribution in [3.8, 4) is 5.69 Å². The van der Waals surface area contributed by atoms with Gasteiger partial charge in [-0.05, 0) is 30.3 Å². The molecule has 24 heavy (non-hydrogen) atoms. The second kappa shape index (κ2) is 6.09. The lowest BCUT2D eigenvalue weighted by Gasteiger charge is -2.43. The van der Waals surface area contributed by atoms with Gasteiger partial charge in [-0.15, -0.1) is 0 Å². The summed E-state index contributed by atoms with van der Waals surface area (Å²) in [5.41, 5.74) is 1.55. The molecule has 2 aliphatic rings. The summed E-state index contributed by atoms with van der Waals surface area (Å²) in [4.78, 5) is 28.7. The van der Waals surface area contributed by atoms with Crippen LogP contribution in [0.4, 0.5) is 0 Å². The predicted octanol–water partition coefficient (Wildman–Crippen LogP) is 0.129. The van der Waals surface area contributed by atoms with Crippen molar-refractivity contribution in [1.29, 1.82) is 0 Å². The minimum Gasteiger partial charge on any atom is -0.353 e. The second-order valence-electron chi connectivity index (χ2n) is 6.09. The van der Waals surface area contributed by atoms with E-state index in [0.717, 1.165) is 18.8 Å². The normalized spacial score (nSPS) is 21.2. The van der Waals surface area contributed by atoms with Gasteiger partial charge < -0.3 is 10.2 Å². The van der Waals surface area contributed by atoms with E-state index in [1.807, 2.05) is 36.5 Å². The Morgan fingerprint density at radius 2 is 2.00 bits per heavy atom. The number of aromatic nitrogens is 2. The molecule has 0 radical (unpaired) electrons. The van der Waals surface area contributed by atoms with Gasteiger partial charge in [0.15, 0.2) is 0 Å². The van der Waals surface area contributed by atoms with Crippen LogP contribution in [0.3, 0.4) is 0 Å². The number of amides is 2. The van der Waals surface area contributed by atoms with Crippen molar-refractivity contribution in [2.45, 2.75) is 6.04 Å². The van der Waals surface area contributed by atoms with Gasteiger partial charge in [-0.1, -0.05) is 0 Å². The molecule has 7 nitrogen and oxygen atoms in total. The highest BCUT2D eigenvalue weighted by molar-refractivity contribution is 5.95. The van der Waals surface area contributed by atoms with Crippen molar-refractivity contribution in [1.82, 2.24) is 24.9 Å². The Labute approximate surface area is 139 Å². The van der Waals surface area contributed by atoms with Gasteiger partial charge >= 0.3 is 0 Å². The first kappa shape index (κ1) is 14.9. The van der Waals surface area contributed by atoms with Crippen molar-refractivity contribution >= 4 is 11.8 Å². The summed E-state index contributed by atoms with van der Waals surface area (Å²) >= 11 is 0. The molecule has 1 aromatic heterocycles. The third-order valence-electron chi connectivity index (χ3n) is 4.66. The Morgan fingerprint density at radius 3 is 2.75 bits per heavy atom. The average Bonchev–Trinajstić information content (AvgIpc) is 3.16. The molecule has 0 unspecified atom stereocenters. The van der Waals surface area contributed by atoms with Crippen LogP contribution in [0, 0.1) is 0 Å². The zero-order valence-corrected chi connectivity index (χ0v) is 13.3. The summed E-state index contributed by atoms with van der Waals surface area (Å²) in [6.45, 7) is 3.40. The smallest absolute Gasteiger partial charge is 0.253 e. The lowest BCUT2D eigenvalue weighted by atomic mass is 10.1. The van der Waals surface area contributed by atoms with Crippen LogP contribution in [0.15, 0.2) is 42.7 Å². The highest BCUT2D eigenvalue weighted by Gasteiger charge is 2.36. The maximum atomic E-state index is 12.7. The number of carbonyl (C=O) groups excluding carboxylic acids is 2. The van der Waals surface area contributed by atoms with Crippen LogP contribution in [-0.2, 0) is 4.79 Å². The van der Waals surface area contributed by atoms with Crippen LogP contribution >= 0.6 is 0 Å². The number of hydrogen-bond donors (Lipinski definition) is 1. The highest BCUT2D eigenvalue weighted by atomic mass is 16.2. The zero-order chi connectivity index (χ0) is 16.5. The molecule has 4 rings (SSSR count). The number of benzene rings is 1. The summed E-state index contributed by atoms with van der Waals surface area (Å²) < 4.78 is 1.75. The molecule has 1 atom stereocenters. The first-order valence-corrected chi connectivity index (χ1v) is 8.13. The van der Waals surface area contributed by atoms with Crippen molar-refractivity contribution in [3.63, 3.8) is 0 Å². The first-order valence-electron chi connectivity index (χ1n) is 8.13. The summed E-state index contributed by atoms with van der Waals surface area (Å²) in [6, 6.07) is 9.01. The summed E-state index contributed by atoms with van der Waals surface area (Å²) in [5.74, 6) is -0.00665. The van der Waals surface area contributed by atoms with Gasteiger partial charge in [0.05, 0.1) is 5.69 Å². The van der Waals surface area contributed by atoms with Gasteiger partial charge in [-0.3, -0.25) is 14.5 Å². The van der Waals surface area contributed by atoms with E-state index in [2.05, 4.69) is 15.3 Å². The number of piperazine rings is 2. The predicted molar refractivity (Wildman–Crippen MR) is 87.8 cm³/mol. The van der Waals surface area contributed by atoms with Crippen LogP contribution in [0.2, 0.25) is 0 Å².